The Hall–Kier alpha value is -0.830. The summed E-state index contributed by atoms with van der Waals surface area (Å²) in [6.45, 7) is 12.4. The maximum absolute atomic E-state index is 4.96. The highest BCUT2D eigenvalue weighted by atomic mass is 127. The molecule has 0 bridgehead atoms. The first-order chi connectivity index (χ1) is 13.8. The summed E-state index contributed by atoms with van der Waals surface area (Å²) in [4.78, 5) is 14.3. The number of halogens is 1. The summed E-state index contributed by atoms with van der Waals surface area (Å²) >= 11 is 0. The molecule has 0 spiro atoms. The lowest BCUT2D eigenvalue weighted by Gasteiger charge is -2.39. The van der Waals surface area contributed by atoms with Crippen molar-refractivity contribution in [3.8, 4) is 0 Å². The van der Waals surface area contributed by atoms with Gasteiger partial charge in [-0.15, -0.1) is 24.0 Å². The van der Waals surface area contributed by atoms with Crippen molar-refractivity contribution in [3.05, 3.63) is 18.7 Å². The lowest BCUT2D eigenvalue weighted by Crippen LogP contribution is -2.49. The molecule has 0 aromatic carbocycles. The molecule has 2 saturated heterocycles. The van der Waals surface area contributed by atoms with Crippen molar-refractivity contribution >= 4 is 29.9 Å². The van der Waals surface area contributed by atoms with Gasteiger partial charge >= 0.3 is 0 Å². The van der Waals surface area contributed by atoms with Crippen LogP contribution in [0.15, 0.2) is 23.7 Å². The van der Waals surface area contributed by atoms with Crippen LogP contribution in [0.2, 0.25) is 0 Å². The molecule has 2 unspecified atom stereocenters. The van der Waals surface area contributed by atoms with Gasteiger partial charge in [0.15, 0.2) is 5.96 Å². The fourth-order valence-corrected chi connectivity index (χ4v) is 4.51. The Morgan fingerprint density at radius 1 is 1.14 bits per heavy atom. The molecule has 1 N–H and O–H groups in total. The zero-order valence-electron chi connectivity index (χ0n) is 18.4. The molecule has 3 heterocycles. The normalized spacial score (nSPS) is 23.7. The topological polar surface area (TPSA) is 48.7 Å². The van der Waals surface area contributed by atoms with Gasteiger partial charge < -0.3 is 19.7 Å². The maximum Gasteiger partial charge on any atom is 0.193 e. The van der Waals surface area contributed by atoms with Crippen molar-refractivity contribution < 1.29 is 0 Å². The number of imidazole rings is 1. The zero-order chi connectivity index (χ0) is 19.6. The number of aromatic nitrogens is 2. The van der Waals surface area contributed by atoms with Crippen LogP contribution in [0, 0.1) is 5.92 Å². The van der Waals surface area contributed by atoms with Crippen LogP contribution in [0.1, 0.15) is 64.8 Å². The molecule has 0 saturated carbocycles. The number of hydrogen-bond acceptors (Lipinski definition) is 3. The van der Waals surface area contributed by atoms with Gasteiger partial charge in [-0.2, -0.15) is 0 Å². The van der Waals surface area contributed by atoms with Crippen LogP contribution in [0.4, 0.5) is 0 Å². The maximum atomic E-state index is 4.96. The van der Waals surface area contributed by atoms with Crippen LogP contribution in [0.3, 0.4) is 0 Å². The van der Waals surface area contributed by atoms with Crippen LogP contribution in [-0.2, 0) is 0 Å². The Kier molecular flexibility index (Phi) is 11.4. The third-order valence-electron chi connectivity index (χ3n) is 6.30. The Morgan fingerprint density at radius 2 is 1.97 bits per heavy atom. The number of aliphatic imine (C=N–C) groups is 1. The van der Waals surface area contributed by atoms with Crippen molar-refractivity contribution in [2.45, 2.75) is 64.8 Å². The molecule has 166 valence electrons. The fraction of sp³-hybridized carbons (Fsp3) is 0.818. The van der Waals surface area contributed by atoms with E-state index in [1.807, 2.05) is 12.5 Å². The van der Waals surface area contributed by atoms with E-state index in [9.17, 15) is 0 Å². The number of likely N-dealkylation sites (tertiary alicyclic amines) is 2. The van der Waals surface area contributed by atoms with Crippen molar-refractivity contribution in [1.29, 1.82) is 0 Å². The lowest BCUT2D eigenvalue weighted by molar-refractivity contribution is 0.189. The monoisotopic (exact) mass is 516 g/mol. The molecular formula is C22H41IN6. The first-order valence-corrected chi connectivity index (χ1v) is 11.5. The molecule has 0 amide bonds. The summed E-state index contributed by atoms with van der Waals surface area (Å²) in [5.41, 5.74) is 0. The summed E-state index contributed by atoms with van der Waals surface area (Å²) < 4.78 is 2.26. The molecule has 6 nitrogen and oxygen atoms in total. The van der Waals surface area contributed by atoms with E-state index in [-0.39, 0.29) is 24.0 Å². The number of rotatable bonds is 8. The average Bonchev–Trinajstić information content (AvgIpc) is 3.25. The minimum Gasteiger partial charge on any atom is -0.357 e. The molecule has 29 heavy (non-hydrogen) atoms. The average molecular weight is 517 g/mol. The van der Waals surface area contributed by atoms with Crippen LogP contribution in [0.5, 0.6) is 0 Å². The molecule has 1 aromatic rings. The van der Waals surface area contributed by atoms with Gasteiger partial charge in [0.05, 0.1) is 12.4 Å². The second-order valence-electron chi connectivity index (χ2n) is 8.49. The number of unbranched alkanes of at least 4 members (excludes halogenated alkanes) is 2. The van der Waals surface area contributed by atoms with Gasteiger partial charge in [-0.3, -0.25) is 4.99 Å². The van der Waals surface area contributed by atoms with Gasteiger partial charge in [-0.05, 0) is 64.6 Å². The fourth-order valence-electron chi connectivity index (χ4n) is 4.51. The summed E-state index contributed by atoms with van der Waals surface area (Å²) in [5, 5.41) is 3.52. The summed E-state index contributed by atoms with van der Waals surface area (Å²) in [6.07, 6.45) is 15.1. The van der Waals surface area contributed by atoms with E-state index in [0.29, 0.717) is 12.0 Å². The Balaban J connectivity index is 0.00000300. The molecule has 2 aliphatic rings. The largest absolute Gasteiger partial charge is 0.357 e. The third-order valence-corrected chi connectivity index (χ3v) is 6.30. The lowest BCUT2D eigenvalue weighted by atomic mass is 9.93. The van der Waals surface area contributed by atoms with Crippen LogP contribution in [-0.4, -0.2) is 71.1 Å². The smallest absolute Gasteiger partial charge is 0.193 e. The highest BCUT2D eigenvalue weighted by Crippen LogP contribution is 2.27. The Morgan fingerprint density at radius 3 is 2.69 bits per heavy atom. The van der Waals surface area contributed by atoms with E-state index in [4.69, 9.17) is 4.99 Å². The van der Waals surface area contributed by atoms with Gasteiger partial charge in [0.25, 0.3) is 0 Å². The van der Waals surface area contributed by atoms with Crippen molar-refractivity contribution in [2.24, 2.45) is 10.9 Å². The van der Waals surface area contributed by atoms with Gasteiger partial charge in [0.1, 0.15) is 0 Å². The molecule has 0 aliphatic carbocycles. The van der Waals surface area contributed by atoms with Crippen molar-refractivity contribution in [1.82, 2.24) is 24.7 Å². The van der Waals surface area contributed by atoms with Gasteiger partial charge in [0.2, 0.25) is 0 Å². The molecule has 2 fully saturated rings. The Bertz CT molecular complexity index is 570. The highest BCUT2D eigenvalue weighted by Gasteiger charge is 2.28. The van der Waals surface area contributed by atoms with E-state index < -0.39 is 0 Å². The minimum atomic E-state index is 0. The Labute approximate surface area is 194 Å². The second kappa shape index (κ2) is 13.5. The summed E-state index contributed by atoms with van der Waals surface area (Å²) in [7, 11) is 0. The number of nitrogens with one attached hydrogen (secondary N) is 1. The highest BCUT2D eigenvalue weighted by molar-refractivity contribution is 14.0. The quantitative estimate of drug-likeness (QED) is 0.246. The van der Waals surface area contributed by atoms with E-state index in [0.717, 1.165) is 32.1 Å². The van der Waals surface area contributed by atoms with Crippen LogP contribution in [0.25, 0.3) is 0 Å². The van der Waals surface area contributed by atoms with Crippen molar-refractivity contribution in [2.75, 3.05) is 45.8 Å². The SMILES string of the molecule is CCNC(=NCCCCCN1CCCCC1)N1CCC(C)C(n2ccnc2)C1.I. The molecule has 7 heteroatoms. The molecule has 3 rings (SSSR count). The number of nitrogens with zero attached hydrogens (tertiary/aromatic N) is 5. The van der Waals surface area contributed by atoms with E-state index in [2.05, 4.69) is 44.7 Å². The first-order valence-electron chi connectivity index (χ1n) is 11.5. The second-order valence-corrected chi connectivity index (χ2v) is 8.49. The van der Waals surface area contributed by atoms with Crippen LogP contribution >= 0.6 is 24.0 Å². The van der Waals surface area contributed by atoms with Gasteiger partial charge in [-0.1, -0.05) is 19.8 Å². The van der Waals surface area contributed by atoms with Crippen LogP contribution < -0.4 is 5.32 Å². The molecular weight excluding hydrogens is 475 g/mol. The summed E-state index contributed by atoms with van der Waals surface area (Å²) in [6, 6.07) is 0.477. The van der Waals surface area contributed by atoms with Gasteiger partial charge in [-0.25, -0.2) is 4.98 Å². The van der Waals surface area contributed by atoms with Gasteiger partial charge in [0, 0.05) is 38.6 Å². The van der Waals surface area contributed by atoms with E-state index in [1.165, 1.54) is 64.6 Å². The zero-order valence-corrected chi connectivity index (χ0v) is 20.8. The van der Waals surface area contributed by atoms with Crippen molar-refractivity contribution in [3.63, 3.8) is 0 Å². The molecule has 0 radical (unpaired) electrons. The predicted octanol–water partition coefficient (Wildman–Crippen LogP) is 4.01. The summed E-state index contributed by atoms with van der Waals surface area (Å²) in [5.74, 6) is 1.76. The number of piperidine rings is 2. The predicted molar refractivity (Wildman–Crippen MR) is 132 cm³/mol. The first kappa shape index (κ1) is 24.4. The number of hydrogen-bond donors (Lipinski definition) is 1. The van der Waals surface area contributed by atoms with E-state index >= 15 is 0 Å². The standard InChI is InChI=1S/C22H40N6.HI/c1-3-24-22(25-11-6-4-7-13-26-14-8-5-9-15-26)27-16-10-20(2)21(18-27)28-17-12-23-19-28;/h12,17,19-21H,3-11,13-16,18H2,1-2H3,(H,24,25);1H. The molecule has 2 atom stereocenters. The number of guanidine groups is 1. The minimum absolute atomic E-state index is 0. The third kappa shape index (κ3) is 7.74. The van der Waals surface area contributed by atoms with E-state index in [1.54, 1.807) is 0 Å². The molecule has 2 aliphatic heterocycles. The molecule has 1 aromatic heterocycles.